The molecule has 4 amide bonds. The third-order valence-electron chi connectivity index (χ3n) is 7.51. The molecule has 22 heteroatoms. The first-order valence-corrected chi connectivity index (χ1v) is 16.6. The van der Waals surface area contributed by atoms with Gasteiger partial charge in [0.15, 0.2) is 23.8 Å². The van der Waals surface area contributed by atoms with Crippen LogP contribution in [0.4, 0.5) is 4.79 Å². The Bertz CT molecular complexity index is 1560. The van der Waals surface area contributed by atoms with Gasteiger partial charge < -0.3 is 51.5 Å². The fraction of sp³-hybridized carbons (Fsp3) is 0.469. The number of hydrogen-bond donors (Lipinski definition) is 10. The van der Waals surface area contributed by atoms with E-state index in [1.54, 1.807) is 30.3 Å². The van der Waals surface area contributed by atoms with Crippen molar-refractivity contribution < 1.29 is 83.0 Å². The summed E-state index contributed by atoms with van der Waals surface area (Å²) in [6, 6.07) is 1.34. The molecule has 0 aromatic heterocycles. The van der Waals surface area contributed by atoms with E-state index in [4.69, 9.17) is 5.11 Å². The molecule has 1 rings (SSSR count). The molecule has 4 unspecified atom stereocenters. The SMILES string of the molecule is O=CO[C@@H](CCC(=O)O)NC(=O)N[C@H](CCC(=O)NC(C(=O)O)C(=O)CC(CC(=O)O)C(=O)NC(Cc1ccccc1)C(=O)CC(CS)C(=O)O)C(=O)O. The van der Waals surface area contributed by atoms with Crippen LogP contribution in [0.3, 0.4) is 0 Å². The summed E-state index contributed by atoms with van der Waals surface area (Å²) in [5.41, 5.74) is 0.529. The molecule has 296 valence electrons. The minimum Gasteiger partial charge on any atom is -0.481 e. The standard InChI is InChI=1S/C32H40N4O17S/c37-15-53-24(8-9-25(41)42)36-32(52)34-19(30(48)49)6-7-23(40)35-27(31(50)51)22(39)11-17(13-26(43)44)28(45)33-20(10-16-4-2-1-3-5-16)21(38)12-18(14-54)29(46)47/h1-5,15,17-20,24,27,54H,6-14H2,(H,33,45)(H,35,40)(H,41,42)(H,43,44)(H,46,47)(H,48,49)(H,50,51)(H2,34,36,52)/t17?,18?,19-,20?,24+,27?/m1/s1. The largest absolute Gasteiger partial charge is 0.481 e. The lowest BCUT2D eigenvalue weighted by atomic mass is 9.92. The van der Waals surface area contributed by atoms with Crippen molar-refractivity contribution in [1.82, 2.24) is 21.3 Å². The van der Waals surface area contributed by atoms with Gasteiger partial charge in [-0.3, -0.25) is 38.4 Å². The molecule has 0 saturated heterocycles. The normalized spacial score (nSPS) is 13.9. The number of carbonyl (C=O) groups excluding carboxylic acids is 6. The maximum atomic E-state index is 13.3. The number of thiol groups is 1. The highest BCUT2D eigenvalue weighted by molar-refractivity contribution is 7.80. The fourth-order valence-electron chi connectivity index (χ4n) is 4.72. The van der Waals surface area contributed by atoms with Gasteiger partial charge in [-0.25, -0.2) is 14.4 Å². The molecule has 0 aliphatic rings. The van der Waals surface area contributed by atoms with E-state index in [9.17, 15) is 73.2 Å². The number of Topliss-reactive ketones (excluding diaryl/α,β-unsaturated/α-hetero) is 2. The number of aliphatic carboxylic acids is 5. The number of amides is 4. The van der Waals surface area contributed by atoms with E-state index in [0.29, 0.717) is 5.56 Å². The van der Waals surface area contributed by atoms with E-state index in [1.807, 2.05) is 16.0 Å². The molecule has 0 radical (unpaired) electrons. The molecule has 1 aromatic rings. The summed E-state index contributed by atoms with van der Waals surface area (Å²) in [5, 5.41) is 54.9. The maximum Gasteiger partial charge on any atom is 0.334 e. The maximum absolute atomic E-state index is 13.3. The number of urea groups is 1. The van der Waals surface area contributed by atoms with Gasteiger partial charge in [0.2, 0.25) is 11.8 Å². The highest BCUT2D eigenvalue weighted by Crippen LogP contribution is 2.16. The minimum atomic E-state index is -2.36. The first-order valence-electron chi connectivity index (χ1n) is 16.0. The summed E-state index contributed by atoms with van der Waals surface area (Å²) < 4.78 is 4.52. The summed E-state index contributed by atoms with van der Waals surface area (Å²) >= 11 is 3.93. The Labute approximate surface area is 311 Å². The lowest BCUT2D eigenvalue weighted by Gasteiger charge is -2.23. The van der Waals surface area contributed by atoms with Crippen LogP contribution >= 0.6 is 12.6 Å². The average molecular weight is 785 g/mol. The second-order valence-electron chi connectivity index (χ2n) is 11.6. The monoisotopic (exact) mass is 784 g/mol. The number of ether oxygens (including phenoxy) is 1. The van der Waals surface area contributed by atoms with Crippen LogP contribution in [0.25, 0.3) is 0 Å². The van der Waals surface area contributed by atoms with Crippen molar-refractivity contribution in [3.05, 3.63) is 35.9 Å². The first-order chi connectivity index (χ1) is 25.4. The van der Waals surface area contributed by atoms with Gasteiger partial charge in [-0.1, -0.05) is 30.3 Å². The molecule has 0 bridgehead atoms. The van der Waals surface area contributed by atoms with Crippen LogP contribution in [0.5, 0.6) is 0 Å². The Balaban J connectivity index is 3.06. The fourth-order valence-corrected chi connectivity index (χ4v) is 5.00. The van der Waals surface area contributed by atoms with Gasteiger partial charge in [-0.15, -0.1) is 0 Å². The van der Waals surface area contributed by atoms with Crippen molar-refractivity contribution in [1.29, 1.82) is 0 Å². The van der Waals surface area contributed by atoms with Crippen LogP contribution in [0.15, 0.2) is 30.3 Å². The van der Waals surface area contributed by atoms with Gasteiger partial charge in [-0.2, -0.15) is 12.6 Å². The summed E-state index contributed by atoms with van der Waals surface area (Å²) in [5.74, 6) is -15.5. The lowest BCUT2D eigenvalue weighted by Crippen LogP contribution is -2.51. The van der Waals surface area contributed by atoms with Crippen molar-refractivity contribution in [3.8, 4) is 0 Å². The van der Waals surface area contributed by atoms with Crippen LogP contribution < -0.4 is 21.3 Å². The Morgan fingerprint density at radius 2 is 1.30 bits per heavy atom. The number of carboxylic acid groups (broad SMARTS) is 5. The van der Waals surface area contributed by atoms with Crippen LogP contribution in [0.2, 0.25) is 0 Å². The van der Waals surface area contributed by atoms with Gasteiger partial charge in [0.25, 0.3) is 6.47 Å². The molecule has 1 aromatic carbocycles. The third kappa shape index (κ3) is 17.4. The number of hydrogen-bond acceptors (Lipinski definition) is 13. The zero-order valence-electron chi connectivity index (χ0n) is 28.4. The van der Waals surface area contributed by atoms with Crippen LogP contribution in [-0.4, -0.2) is 121 Å². The molecular weight excluding hydrogens is 744 g/mol. The van der Waals surface area contributed by atoms with Crippen LogP contribution in [0, 0.1) is 11.8 Å². The minimum absolute atomic E-state index is 0.0871. The average Bonchev–Trinajstić information content (AvgIpc) is 3.09. The van der Waals surface area contributed by atoms with Crippen LogP contribution in [0.1, 0.15) is 50.5 Å². The van der Waals surface area contributed by atoms with Gasteiger partial charge in [0.1, 0.15) is 6.04 Å². The predicted octanol–water partition coefficient (Wildman–Crippen LogP) is -1.18. The van der Waals surface area contributed by atoms with E-state index < -0.39 is 134 Å². The molecule has 21 nitrogen and oxygen atoms in total. The van der Waals surface area contributed by atoms with Crippen molar-refractivity contribution in [2.24, 2.45) is 11.8 Å². The van der Waals surface area contributed by atoms with E-state index in [1.165, 1.54) is 0 Å². The van der Waals surface area contributed by atoms with Crippen molar-refractivity contribution in [2.45, 2.75) is 75.7 Å². The van der Waals surface area contributed by atoms with E-state index in [2.05, 4.69) is 22.7 Å². The summed E-state index contributed by atoms with van der Waals surface area (Å²) in [4.78, 5) is 133. The number of benzene rings is 1. The van der Waals surface area contributed by atoms with Crippen molar-refractivity contribution >= 4 is 78.4 Å². The quantitative estimate of drug-likeness (QED) is 0.0217. The molecule has 0 fully saturated rings. The molecular formula is C32H40N4O17S. The third-order valence-corrected chi connectivity index (χ3v) is 7.96. The highest BCUT2D eigenvalue weighted by atomic mass is 32.1. The van der Waals surface area contributed by atoms with E-state index in [0.717, 1.165) is 0 Å². The molecule has 0 heterocycles. The van der Waals surface area contributed by atoms with Gasteiger partial charge in [-0.05, 0) is 18.4 Å². The molecule has 9 N–H and O–H groups in total. The number of nitrogens with one attached hydrogen (secondary N) is 4. The van der Waals surface area contributed by atoms with Crippen LogP contribution in [-0.2, 0) is 59.1 Å². The smallest absolute Gasteiger partial charge is 0.334 e. The topological polar surface area (TPSA) is 346 Å². The number of carboxylic acids is 5. The van der Waals surface area contributed by atoms with E-state index >= 15 is 0 Å². The zero-order valence-corrected chi connectivity index (χ0v) is 29.3. The van der Waals surface area contributed by atoms with E-state index in [-0.39, 0.29) is 25.1 Å². The number of rotatable bonds is 27. The van der Waals surface area contributed by atoms with Crippen molar-refractivity contribution in [3.63, 3.8) is 0 Å². The number of carbonyl (C=O) groups is 11. The Morgan fingerprint density at radius 1 is 0.667 bits per heavy atom. The Kier molecular flexibility index (Phi) is 20.0. The zero-order chi connectivity index (χ0) is 41.0. The Hall–Kier alpha value is -6.06. The molecule has 6 atom stereocenters. The molecule has 54 heavy (non-hydrogen) atoms. The molecule has 0 spiro atoms. The summed E-state index contributed by atoms with van der Waals surface area (Å²) in [6.07, 6.45) is -6.65. The molecule has 0 aliphatic carbocycles. The second kappa shape index (κ2) is 23.5. The Morgan fingerprint density at radius 3 is 1.81 bits per heavy atom. The van der Waals surface area contributed by atoms with Crippen molar-refractivity contribution in [2.75, 3.05) is 5.75 Å². The van der Waals surface area contributed by atoms with Gasteiger partial charge in [0, 0.05) is 31.4 Å². The highest BCUT2D eigenvalue weighted by Gasteiger charge is 2.35. The van der Waals surface area contributed by atoms with Gasteiger partial charge in [0.05, 0.1) is 30.7 Å². The molecule has 0 aliphatic heterocycles. The second-order valence-corrected chi connectivity index (χ2v) is 12.0. The molecule has 0 saturated carbocycles. The summed E-state index contributed by atoms with van der Waals surface area (Å²) in [6.45, 7) is -0.0871. The first kappa shape index (κ1) is 46.0. The summed E-state index contributed by atoms with van der Waals surface area (Å²) in [7, 11) is 0. The lowest BCUT2D eigenvalue weighted by molar-refractivity contribution is -0.148. The van der Waals surface area contributed by atoms with Gasteiger partial charge >= 0.3 is 35.9 Å². The number of ketones is 2. The predicted molar refractivity (Wildman–Crippen MR) is 182 cm³/mol.